The van der Waals surface area contributed by atoms with Gasteiger partial charge < -0.3 is 23.7 Å². The van der Waals surface area contributed by atoms with Gasteiger partial charge in [-0.3, -0.25) is 4.79 Å². The summed E-state index contributed by atoms with van der Waals surface area (Å²) in [6, 6.07) is 0. The molecular weight excluding hydrogens is 360 g/mol. The Hall–Kier alpha value is -0.690. The lowest BCUT2D eigenvalue weighted by Crippen LogP contribution is -2.13. The van der Waals surface area contributed by atoms with Gasteiger partial charge in [-0.15, -0.1) is 0 Å². The fourth-order valence-corrected chi connectivity index (χ4v) is 2.44. The number of ether oxygens (including phenoxy) is 5. The molecule has 0 rings (SSSR count). The minimum Gasteiger partial charge on any atom is -0.466 e. The highest BCUT2D eigenvalue weighted by Gasteiger charge is 2.02. The van der Waals surface area contributed by atoms with E-state index in [-0.39, 0.29) is 5.97 Å². The molecule has 0 N–H and O–H groups in total. The van der Waals surface area contributed by atoms with Gasteiger partial charge >= 0.3 is 5.97 Å². The van der Waals surface area contributed by atoms with Crippen LogP contribution in [0.5, 0.6) is 0 Å². The summed E-state index contributed by atoms with van der Waals surface area (Å²) in [7, 11) is 0. The van der Waals surface area contributed by atoms with Gasteiger partial charge in [0, 0.05) is 19.6 Å². The quantitative estimate of drug-likeness (QED) is 0.197. The first-order chi connectivity index (χ1) is 13.7. The number of hydrogen-bond acceptors (Lipinski definition) is 6. The van der Waals surface area contributed by atoms with Gasteiger partial charge in [0.15, 0.2) is 0 Å². The van der Waals surface area contributed by atoms with Crippen LogP contribution in [-0.2, 0) is 28.5 Å². The molecule has 0 fully saturated rings. The molecule has 0 saturated carbocycles. The van der Waals surface area contributed by atoms with Crippen LogP contribution < -0.4 is 0 Å². The summed E-state index contributed by atoms with van der Waals surface area (Å²) >= 11 is 0. The number of carbonyl (C=O) groups is 1. The molecule has 0 aromatic carbocycles. The molecule has 0 saturated heterocycles. The third-order valence-corrected chi connectivity index (χ3v) is 4.00. The van der Waals surface area contributed by atoms with Crippen LogP contribution in [0.1, 0.15) is 72.1 Å². The standard InChI is InChI=1S/C22H44O6/c1-4-5-6-7-8-9-13-28-22(23)11-10-12-24-14-15-25-16-17-26-18-19-27-20-21(2)3/h21H,4-20H2,1-3H3. The fourth-order valence-electron chi connectivity index (χ4n) is 2.44. The van der Waals surface area contributed by atoms with E-state index in [1.807, 2.05) is 0 Å². The van der Waals surface area contributed by atoms with E-state index in [4.69, 9.17) is 23.7 Å². The normalized spacial score (nSPS) is 11.3. The maximum Gasteiger partial charge on any atom is 0.305 e. The van der Waals surface area contributed by atoms with Crippen molar-refractivity contribution in [2.45, 2.75) is 72.1 Å². The Bertz CT molecular complexity index is 322. The molecule has 0 bridgehead atoms. The van der Waals surface area contributed by atoms with Crippen molar-refractivity contribution in [2.24, 2.45) is 5.92 Å². The van der Waals surface area contributed by atoms with Gasteiger partial charge in [0.25, 0.3) is 0 Å². The maximum atomic E-state index is 11.6. The van der Waals surface area contributed by atoms with E-state index >= 15 is 0 Å². The number of esters is 1. The van der Waals surface area contributed by atoms with Crippen molar-refractivity contribution in [1.82, 2.24) is 0 Å². The molecule has 0 amide bonds. The first-order valence-electron chi connectivity index (χ1n) is 11.1. The van der Waals surface area contributed by atoms with Crippen LogP contribution >= 0.6 is 0 Å². The lowest BCUT2D eigenvalue weighted by Gasteiger charge is -2.08. The SMILES string of the molecule is CCCCCCCCOC(=O)CCCOCCOCCOCCOCC(C)C. The van der Waals surface area contributed by atoms with E-state index in [2.05, 4.69) is 20.8 Å². The molecule has 0 radical (unpaired) electrons. The third kappa shape index (κ3) is 23.3. The van der Waals surface area contributed by atoms with E-state index in [1.165, 1.54) is 25.7 Å². The van der Waals surface area contributed by atoms with Gasteiger partial charge in [0.2, 0.25) is 0 Å². The molecule has 0 aliphatic rings. The molecule has 0 atom stereocenters. The molecule has 0 aromatic rings. The van der Waals surface area contributed by atoms with Gasteiger partial charge in [-0.25, -0.2) is 0 Å². The number of unbranched alkanes of at least 4 members (excludes halogenated alkanes) is 5. The largest absolute Gasteiger partial charge is 0.466 e. The zero-order chi connectivity index (χ0) is 20.7. The lowest BCUT2D eigenvalue weighted by molar-refractivity contribution is -0.144. The highest BCUT2D eigenvalue weighted by Crippen LogP contribution is 2.05. The Morgan fingerprint density at radius 3 is 1.79 bits per heavy atom. The van der Waals surface area contributed by atoms with Crippen molar-refractivity contribution >= 4 is 5.97 Å². The van der Waals surface area contributed by atoms with E-state index in [1.54, 1.807) is 0 Å². The molecule has 6 nitrogen and oxygen atoms in total. The van der Waals surface area contributed by atoms with Crippen LogP contribution in [0.3, 0.4) is 0 Å². The van der Waals surface area contributed by atoms with Crippen molar-refractivity contribution in [3.05, 3.63) is 0 Å². The minimum absolute atomic E-state index is 0.122. The Morgan fingerprint density at radius 1 is 0.643 bits per heavy atom. The second-order valence-electron chi connectivity index (χ2n) is 7.40. The Morgan fingerprint density at radius 2 is 1.18 bits per heavy atom. The Kier molecular flexibility index (Phi) is 22.0. The van der Waals surface area contributed by atoms with Crippen LogP contribution in [0, 0.1) is 5.92 Å². The van der Waals surface area contributed by atoms with Gasteiger partial charge in [0.1, 0.15) is 0 Å². The first kappa shape index (κ1) is 27.3. The zero-order valence-corrected chi connectivity index (χ0v) is 18.5. The van der Waals surface area contributed by atoms with Crippen LogP contribution in [-0.4, -0.2) is 65.4 Å². The summed E-state index contributed by atoms with van der Waals surface area (Å²) in [5.41, 5.74) is 0. The highest BCUT2D eigenvalue weighted by molar-refractivity contribution is 5.69. The number of hydrogen-bond donors (Lipinski definition) is 0. The van der Waals surface area contributed by atoms with Crippen molar-refractivity contribution in [3.63, 3.8) is 0 Å². The highest BCUT2D eigenvalue weighted by atomic mass is 16.6. The van der Waals surface area contributed by atoms with Gasteiger partial charge in [-0.05, 0) is 18.8 Å². The minimum atomic E-state index is -0.122. The summed E-state index contributed by atoms with van der Waals surface area (Å²) < 4.78 is 26.9. The van der Waals surface area contributed by atoms with Gasteiger partial charge in [-0.1, -0.05) is 52.9 Å². The van der Waals surface area contributed by atoms with Gasteiger partial charge in [-0.2, -0.15) is 0 Å². The molecule has 0 spiro atoms. The van der Waals surface area contributed by atoms with Crippen LogP contribution in [0.25, 0.3) is 0 Å². The fraction of sp³-hybridized carbons (Fsp3) is 0.955. The van der Waals surface area contributed by atoms with Crippen LogP contribution in [0.2, 0.25) is 0 Å². The summed E-state index contributed by atoms with van der Waals surface area (Å²) in [6.45, 7) is 11.7. The van der Waals surface area contributed by atoms with E-state index in [0.717, 1.165) is 19.4 Å². The van der Waals surface area contributed by atoms with Crippen molar-refractivity contribution in [1.29, 1.82) is 0 Å². The Balaban J connectivity index is 3.13. The predicted octanol–water partition coefficient (Wildman–Crippen LogP) is 4.39. The van der Waals surface area contributed by atoms with Crippen molar-refractivity contribution in [3.8, 4) is 0 Å². The molecule has 6 heteroatoms. The molecule has 28 heavy (non-hydrogen) atoms. The van der Waals surface area contributed by atoms with Crippen LogP contribution in [0.15, 0.2) is 0 Å². The molecule has 168 valence electrons. The van der Waals surface area contributed by atoms with E-state index in [0.29, 0.717) is 71.6 Å². The van der Waals surface area contributed by atoms with E-state index < -0.39 is 0 Å². The van der Waals surface area contributed by atoms with Gasteiger partial charge in [0.05, 0.1) is 46.2 Å². The molecule has 0 aromatic heterocycles. The number of carbonyl (C=O) groups excluding carboxylic acids is 1. The third-order valence-electron chi connectivity index (χ3n) is 4.00. The molecule has 0 heterocycles. The average Bonchev–Trinajstić information content (AvgIpc) is 2.67. The second kappa shape index (κ2) is 22.6. The second-order valence-corrected chi connectivity index (χ2v) is 7.40. The summed E-state index contributed by atoms with van der Waals surface area (Å²) in [5.74, 6) is 0.432. The summed E-state index contributed by atoms with van der Waals surface area (Å²) in [4.78, 5) is 11.6. The van der Waals surface area contributed by atoms with E-state index in [9.17, 15) is 4.79 Å². The lowest BCUT2D eigenvalue weighted by atomic mass is 10.1. The zero-order valence-electron chi connectivity index (χ0n) is 18.5. The molecular formula is C22H44O6. The van der Waals surface area contributed by atoms with Crippen LogP contribution in [0.4, 0.5) is 0 Å². The molecule has 0 aliphatic carbocycles. The average molecular weight is 405 g/mol. The smallest absolute Gasteiger partial charge is 0.305 e. The Labute approximate surface area is 172 Å². The molecule has 0 aliphatic heterocycles. The van der Waals surface area contributed by atoms with Crippen molar-refractivity contribution < 1.29 is 28.5 Å². The predicted molar refractivity (Wildman–Crippen MR) is 112 cm³/mol. The summed E-state index contributed by atoms with van der Waals surface area (Å²) in [6.07, 6.45) is 8.30. The number of rotatable bonds is 22. The maximum absolute atomic E-state index is 11.6. The van der Waals surface area contributed by atoms with Crippen molar-refractivity contribution in [2.75, 3.05) is 59.5 Å². The topological polar surface area (TPSA) is 63.2 Å². The first-order valence-corrected chi connectivity index (χ1v) is 11.1. The molecule has 0 unspecified atom stereocenters. The summed E-state index contributed by atoms with van der Waals surface area (Å²) in [5, 5.41) is 0. The monoisotopic (exact) mass is 404 g/mol.